The summed E-state index contributed by atoms with van der Waals surface area (Å²) in [5.74, 6) is 0.547. The summed E-state index contributed by atoms with van der Waals surface area (Å²) in [5.41, 5.74) is 1.19. The molecule has 0 fully saturated rings. The summed E-state index contributed by atoms with van der Waals surface area (Å²) in [4.78, 5) is 24.8. The second-order valence-corrected chi connectivity index (χ2v) is 5.49. The molecule has 2 aromatic carbocycles. The van der Waals surface area contributed by atoms with Gasteiger partial charge in [-0.1, -0.05) is 18.2 Å². The van der Waals surface area contributed by atoms with E-state index in [1.807, 2.05) is 30.3 Å². The summed E-state index contributed by atoms with van der Waals surface area (Å²) in [6.07, 6.45) is 0.703. The van der Waals surface area contributed by atoms with Crippen molar-refractivity contribution in [1.29, 1.82) is 0 Å². The lowest BCUT2D eigenvalue weighted by molar-refractivity contribution is -0.120. The zero-order chi connectivity index (χ0) is 16.8. The normalized spacial score (nSPS) is 10.0. The number of ether oxygens (including phenoxy) is 2. The van der Waals surface area contributed by atoms with E-state index in [9.17, 15) is 9.59 Å². The molecule has 0 spiro atoms. The Bertz CT molecular complexity index is 703. The molecule has 2 rings (SSSR count). The first-order chi connectivity index (χ1) is 11.1. The highest BCUT2D eigenvalue weighted by molar-refractivity contribution is 9.10. The van der Waals surface area contributed by atoms with Crippen molar-refractivity contribution in [3.63, 3.8) is 0 Å². The largest absolute Gasteiger partial charge is 0.493 e. The molecule has 0 aliphatic heterocycles. The Morgan fingerprint density at radius 1 is 1.22 bits per heavy atom. The van der Waals surface area contributed by atoms with Gasteiger partial charge in [0.05, 0.1) is 11.6 Å². The number of anilines is 1. The molecule has 0 aliphatic rings. The van der Waals surface area contributed by atoms with E-state index in [2.05, 4.69) is 15.9 Å². The number of methoxy groups -OCH3 is 1. The van der Waals surface area contributed by atoms with Crippen LogP contribution in [0.1, 0.15) is 10.4 Å². The number of hydrogen-bond donors (Lipinski definition) is 0. The maximum absolute atomic E-state index is 12.3. The molecule has 0 bridgehead atoms. The van der Waals surface area contributed by atoms with E-state index in [1.165, 1.54) is 12.0 Å². The number of amides is 1. The van der Waals surface area contributed by atoms with Crippen LogP contribution in [0.4, 0.5) is 5.69 Å². The van der Waals surface area contributed by atoms with Crippen molar-refractivity contribution in [3.05, 3.63) is 52.5 Å². The summed E-state index contributed by atoms with van der Waals surface area (Å²) >= 11 is 3.30. The number of aldehydes is 1. The van der Waals surface area contributed by atoms with Crippen LogP contribution in [-0.4, -0.2) is 33.0 Å². The molecule has 1 amide bonds. The van der Waals surface area contributed by atoms with E-state index in [0.29, 0.717) is 27.8 Å². The molecule has 0 aromatic heterocycles. The fourth-order valence-electron chi connectivity index (χ4n) is 1.97. The van der Waals surface area contributed by atoms with Crippen molar-refractivity contribution in [1.82, 2.24) is 0 Å². The average molecular weight is 378 g/mol. The van der Waals surface area contributed by atoms with Crippen LogP contribution in [0.2, 0.25) is 0 Å². The molecule has 5 nitrogen and oxygen atoms in total. The number of nitrogens with zero attached hydrogens (tertiary/aromatic N) is 1. The third kappa shape index (κ3) is 3.90. The fourth-order valence-corrected chi connectivity index (χ4v) is 2.50. The lowest BCUT2D eigenvalue weighted by atomic mass is 10.2. The molecule has 0 atom stereocenters. The summed E-state index contributed by atoms with van der Waals surface area (Å²) in [7, 11) is 3.17. The topological polar surface area (TPSA) is 55.8 Å². The minimum Gasteiger partial charge on any atom is -0.493 e. The van der Waals surface area contributed by atoms with Gasteiger partial charge in [-0.05, 0) is 40.2 Å². The number of halogens is 1. The predicted molar refractivity (Wildman–Crippen MR) is 91.4 cm³/mol. The highest BCUT2D eigenvalue weighted by atomic mass is 79.9. The second kappa shape index (κ2) is 7.78. The number of rotatable bonds is 6. The number of likely N-dealkylation sites (N-methyl/N-ethyl adjacent to an activating group) is 1. The van der Waals surface area contributed by atoms with E-state index in [-0.39, 0.29) is 12.5 Å². The van der Waals surface area contributed by atoms with Crippen molar-refractivity contribution in [2.75, 3.05) is 25.7 Å². The smallest absolute Gasteiger partial charge is 0.264 e. The van der Waals surface area contributed by atoms with Gasteiger partial charge in [-0.3, -0.25) is 9.59 Å². The maximum atomic E-state index is 12.3. The Balaban J connectivity index is 2.14. The number of hydrogen-bond acceptors (Lipinski definition) is 4. The van der Waals surface area contributed by atoms with Crippen LogP contribution in [0.15, 0.2) is 46.9 Å². The zero-order valence-electron chi connectivity index (χ0n) is 12.8. The Labute approximate surface area is 142 Å². The molecule has 2 aromatic rings. The van der Waals surface area contributed by atoms with Crippen molar-refractivity contribution in [3.8, 4) is 11.5 Å². The standard InChI is InChI=1S/C17H16BrNO4/c1-19(13-6-4-3-5-7-13)15(21)11-23-17-14(22-2)9-8-12(10-20)16(17)18/h3-10H,11H2,1-2H3. The molecule has 0 N–H and O–H groups in total. The van der Waals surface area contributed by atoms with E-state index >= 15 is 0 Å². The molecule has 0 saturated heterocycles. The van der Waals surface area contributed by atoms with Gasteiger partial charge in [-0.15, -0.1) is 0 Å². The molecule has 120 valence electrons. The summed E-state index contributed by atoms with van der Waals surface area (Å²) in [6, 6.07) is 12.5. The van der Waals surface area contributed by atoms with Crippen LogP contribution >= 0.6 is 15.9 Å². The average Bonchev–Trinajstić information content (AvgIpc) is 2.60. The van der Waals surface area contributed by atoms with Crippen molar-refractivity contribution >= 4 is 33.8 Å². The summed E-state index contributed by atoms with van der Waals surface area (Å²) in [6.45, 7) is -0.178. The zero-order valence-corrected chi connectivity index (χ0v) is 14.4. The Morgan fingerprint density at radius 3 is 2.52 bits per heavy atom. The Morgan fingerprint density at radius 2 is 1.91 bits per heavy atom. The van der Waals surface area contributed by atoms with Gasteiger partial charge in [0.15, 0.2) is 24.4 Å². The van der Waals surface area contributed by atoms with Crippen LogP contribution < -0.4 is 14.4 Å². The third-order valence-electron chi connectivity index (χ3n) is 3.30. The van der Waals surface area contributed by atoms with E-state index in [4.69, 9.17) is 9.47 Å². The minimum atomic E-state index is -0.221. The number of carbonyl (C=O) groups excluding carboxylic acids is 2. The molecule has 0 heterocycles. The fraction of sp³-hybridized carbons (Fsp3) is 0.176. The van der Waals surface area contributed by atoms with Crippen LogP contribution in [0.25, 0.3) is 0 Å². The van der Waals surface area contributed by atoms with Crippen LogP contribution in [0, 0.1) is 0 Å². The van der Waals surface area contributed by atoms with Gasteiger partial charge >= 0.3 is 0 Å². The molecule has 0 aliphatic carbocycles. The quantitative estimate of drug-likeness (QED) is 0.724. The SMILES string of the molecule is COc1ccc(C=O)c(Br)c1OCC(=O)N(C)c1ccccc1. The number of carbonyl (C=O) groups is 2. The monoisotopic (exact) mass is 377 g/mol. The Hall–Kier alpha value is -2.34. The van der Waals surface area contributed by atoms with Crippen molar-refractivity contribution in [2.45, 2.75) is 0 Å². The van der Waals surface area contributed by atoms with Crippen LogP contribution in [0.3, 0.4) is 0 Å². The lowest BCUT2D eigenvalue weighted by Gasteiger charge is -2.19. The number of para-hydroxylation sites is 1. The van der Waals surface area contributed by atoms with Gasteiger partial charge in [0.2, 0.25) is 0 Å². The Kier molecular flexibility index (Phi) is 5.76. The van der Waals surface area contributed by atoms with Crippen molar-refractivity contribution in [2.24, 2.45) is 0 Å². The maximum Gasteiger partial charge on any atom is 0.264 e. The van der Waals surface area contributed by atoms with Crippen LogP contribution in [0.5, 0.6) is 11.5 Å². The molecule has 6 heteroatoms. The highest BCUT2D eigenvalue weighted by Crippen LogP contribution is 2.37. The minimum absolute atomic E-state index is 0.178. The molecule has 23 heavy (non-hydrogen) atoms. The predicted octanol–water partition coefficient (Wildman–Crippen LogP) is 3.31. The first-order valence-corrected chi connectivity index (χ1v) is 7.64. The first-order valence-electron chi connectivity index (χ1n) is 6.84. The molecular formula is C17H16BrNO4. The van der Waals surface area contributed by atoms with Gasteiger partial charge in [0.1, 0.15) is 0 Å². The molecule has 0 saturated carbocycles. The summed E-state index contributed by atoms with van der Waals surface area (Å²) in [5, 5.41) is 0. The molecule has 0 radical (unpaired) electrons. The van der Waals surface area contributed by atoms with E-state index in [1.54, 1.807) is 19.2 Å². The summed E-state index contributed by atoms with van der Waals surface area (Å²) < 4.78 is 11.3. The van der Waals surface area contributed by atoms with Gasteiger partial charge in [0.25, 0.3) is 5.91 Å². The lowest BCUT2D eigenvalue weighted by Crippen LogP contribution is -2.31. The van der Waals surface area contributed by atoms with Gasteiger partial charge in [-0.25, -0.2) is 0 Å². The highest BCUT2D eigenvalue weighted by Gasteiger charge is 2.17. The van der Waals surface area contributed by atoms with E-state index < -0.39 is 0 Å². The van der Waals surface area contributed by atoms with E-state index in [0.717, 1.165) is 5.69 Å². The number of benzene rings is 2. The van der Waals surface area contributed by atoms with Gasteiger partial charge in [0, 0.05) is 18.3 Å². The van der Waals surface area contributed by atoms with Crippen LogP contribution in [-0.2, 0) is 4.79 Å². The second-order valence-electron chi connectivity index (χ2n) is 4.69. The van der Waals surface area contributed by atoms with Gasteiger partial charge in [-0.2, -0.15) is 0 Å². The molecule has 0 unspecified atom stereocenters. The third-order valence-corrected chi connectivity index (χ3v) is 4.11. The first kappa shape index (κ1) is 17.0. The molecular weight excluding hydrogens is 362 g/mol. The van der Waals surface area contributed by atoms with Gasteiger partial charge < -0.3 is 14.4 Å². The van der Waals surface area contributed by atoms with Crippen molar-refractivity contribution < 1.29 is 19.1 Å².